The lowest BCUT2D eigenvalue weighted by Gasteiger charge is -2.47. The molecule has 0 atom stereocenters. The fourth-order valence-electron chi connectivity index (χ4n) is 4.94. The Kier molecular flexibility index (Phi) is 6.42. The van der Waals surface area contributed by atoms with E-state index in [1.807, 2.05) is 27.1 Å². The van der Waals surface area contributed by atoms with Gasteiger partial charge in [-0.3, -0.25) is 4.68 Å². The molecule has 2 aliphatic rings. The van der Waals surface area contributed by atoms with Crippen molar-refractivity contribution >= 4 is 29.1 Å². The number of rotatable bonds is 6. The monoisotopic (exact) mass is 447 g/mol. The van der Waals surface area contributed by atoms with Crippen molar-refractivity contribution in [2.24, 2.45) is 12.5 Å². The molecule has 31 heavy (non-hydrogen) atoms. The van der Waals surface area contributed by atoms with Crippen LogP contribution in [0.3, 0.4) is 0 Å². The summed E-state index contributed by atoms with van der Waals surface area (Å²) in [6.07, 6.45) is 12.4. The van der Waals surface area contributed by atoms with Gasteiger partial charge in [0.1, 0.15) is 5.02 Å². The van der Waals surface area contributed by atoms with Crippen LogP contribution in [0.2, 0.25) is 5.02 Å². The summed E-state index contributed by atoms with van der Waals surface area (Å²) < 4.78 is 1.73. The molecule has 2 aromatic heterocycles. The highest BCUT2D eigenvalue weighted by atomic mass is 35.5. The maximum atomic E-state index is 10.1. The van der Waals surface area contributed by atoms with Gasteiger partial charge in [0.25, 0.3) is 0 Å². The van der Waals surface area contributed by atoms with Crippen molar-refractivity contribution in [2.75, 3.05) is 30.3 Å². The summed E-state index contributed by atoms with van der Waals surface area (Å²) in [4.78, 5) is 11.3. The van der Waals surface area contributed by atoms with Crippen LogP contribution in [-0.2, 0) is 7.05 Å². The number of piperidine rings is 1. The van der Waals surface area contributed by atoms with Crippen LogP contribution in [0.5, 0.6) is 0 Å². The third kappa shape index (κ3) is 5.87. The lowest BCUT2D eigenvalue weighted by atomic mass is 9.67. The summed E-state index contributed by atoms with van der Waals surface area (Å²) in [5.41, 5.74) is 0.677. The van der Waals surface area contributed by atoms with Crippen LogP contribution in [0.1, 0.15) is 52.4 Å². The van der Waals surface area contributed by atoms with E-state index >= 15 is 0 Å². The summed E-state index contributed by atoms with van der Waals surface area (Å²) in [5.74, 6) is 1.19. The first-order chi connectivity index (χ1) is 14.7. The van der Waals surface area contributed by atoms with Crippen molar-refractivity contribution < 1.29 is 5.11 Å². The smallest absolute Gasteiger partial charge is 0.229 e. The van der Waals surface area contributed by atoms with Gasteiger partial charge in [-0.2, -0.15) is 10.1 Å². The Morgan fingerprint density at radius 3 is 2.52 bits per heavy atom. The highest BCUT2D eigenvalue weighted by Gasteiger charge is 2.38. The standard InChI is InChI=1S/C22H34ClN7O/c1-21(2,31)15-30-10-8-22(9-11-30)6-4-16(5-7-22)26-19-18(23)13-24-20(28-19)27-17-12-25-29(3)14-17/h12-14,16,31H,4-11,15H2,1-3H3,(H2,24,26,27,28). The maximum absolute atomic E-state index is 10.1. The Bertz CT molecular complexity index is 876. The topological polar surface area (TPSA) is 91.1 Å². The maximum Gasteiger partial charge on any atom is 0.229 e. The van der Waals surface area contributed by atoms with Gasteiger partial charge in [0.2, 0.25) is 5.95 Å². The van der Waals surface area contributed by atoms with Crippen molar-refractivity contribution in [2.45, 2.75) is 64.0 Å². The van der Waals surface area contributed by atoms with Crippen molar-refractivity contribution in [1.82, 2.24) is 24.6 Å². The van der Waals surface area contributed by atoms with E-state index < -0.39 is 5.60 Å². The molecule has 1 spiro atoms. The van der Waals surface area contributed by atoms with Crippen LogP contribution >= 0.6 is 11.6 Å². The van der Waals surface area contributed by atoms with Crippen LogP contribution in [0.15, 0.2) is 18.6 Å². The number of β-amino-alcohol motifs (C(OH)–C–C–N with tert-alkyl or cyclic N) is 1. The quantitative estimate of drug-likeness (QED) is 0.620. The molecule has 170 valence electrons. The summed E-state index contributed by atoms with van der Waals surface area (Å²) in [6.45, 7) is 6.72. The van der Waals surface area contributed by atoms with E-state index in [0.717, 1.165) is 38.2 Å². The number of halogens is 1. The minimum absolute atomic E-state index is 0.374. The minimum Gasteiger partial charge on any atom is -0.389 e. The zero-order valence-electron chi connectivity index (χ0n) is 18.7. The lowest BCUT2D eigenvalue weighted by molar-refractivity contribution is 0.000572. The molecule has 1 saturated heterocycles. The molecule has 2 aromatic rings. The number of likely N-dealkylation sites (tertiary alicyclic amines) is 1. The Morgan fingerprint density at radius 1 is 1.19 bits per heavy atom. The van der Waals surface area contributed by atoms with Crippen molar-refractivity contribution in [1.29, 1.82) is 0 Å². The van der Waals surface area contributed by atoms with Gasteiger partial charge in [-0.1, -0.05) is 11.6 Å². The second-order valence-electron chi connectivity index (χ2n) is 9.93. The van der Waals surface area contributed by atoms with Crippen LogP contribution in [0.4, 0.5) is 17.5 Å². The van der Waals surface area contributed by atoms with Gasteiger partial charge in [-0.05, 0) is 70.9 Å². The fourth-order valence-corrected chi connectivity index (χ4v) is 5.09. The summed E-state index contributed by atoms with van der Waals surface area (Å²) in [5, 5.41) is 21.5. The summed E-state index contributed by atoms with van der Waals surface area (Å²) >= 11 is 6.38. The number of nitrogens with zero attached hydrogens (tertiary/aromatic N) is 5. The molecule has 1 saturated carbocycles. The van der Waals surface area contributed by atoms with Gasteiger partial charge in [0.15, 0.2) is 5.82 Å². The van der Waals surface area contributed by atoms with Gasteiger partial charge in [-0.15, -0.1) is 0 Å². The third-order valence-electron chi connectivity index (χ3n) is 6.62. The van der Waals surface area contributed by atoms with Crippen LogP contribution < -0.4 is 10.6 Å². The van der Waals surface area contributed by atoms with Crippen LogP contribution in [-0.4, -0.2) is 61.0 Å². The number of aryl methyl sites for hydroxylation is 1. The first-order valence-corrected chi connectivity index (χ1v) is 11.6. The lowest BCUT2D eigenvalue weighted by Crippen LogP contribution is -2.47. The Morgan fingerprint density at radius 2 is 1.90 bits per heavy atom. The fraction of sp³-hybridized carbons (Fsp3) is 0.682. The molecule has 3 heterocycles. The number of nitrogens with one attached hydrogen (secondary N) is 2. The van der Waals surface area contributed by atoms with E-state index in [2.05, 4.69) is 30.6 Å². The number of hydrogen-bond acceptors (Lipinski definition) is 7. The van der Waals surface area contributed by atoms with E-state index in [1.165, 1.54) is 25.7 Å². The number of aromatic nitrogens is 4. The van der Waals surface area contributed by atoms with Gasteiger partial charge >= 0.3 is 0 Å². The molecule has 0 aromatic carbocycles. The molecular weight excluding hydrogens is 414 g/mol. The Balaban J connectivity index is 1.30. The van der Waals surface area contributed by atoms with Crippen molar-refractivity contribution in [3.63, 3.8) is 0 Å². The summed E-state index contributed by atoms with van der Waals surface area (Å²) in [6, 6.07) is 0.374. The SMILES string of the molecule is Cn1cc(Nc2ncc(Cl)c(NC3CCC4(CC3)CCN(CC(C)(C)O)CC4)n2)cn1. The van der Waals surface area contributed by atoms with E-state index in [-0.39, 0.29) is 0 Å². The molecule has 1 aliphatic carbocycles. The molecule has 3 N–H and O–H groups in total. The number of hydrogen-bond donors (Lipinski definition) is 3. The molecule has 0 amide bonds. The molecule has 0 unspecified atom stereocenters. The molecule has 2 fully saturated rings. The zero-order valence-corrected chi connectivity index (χ0v) is 19.5. The average Bonchev–Trinajstić information content (AvgIpc) is 3.12. The molecule has 0 radical (unpaired) electrons. The van der Waals surface area contributed by atoms with Crippen molar-refractivity contribution in [3.8, 4) is 0 Å². The second-order valence-corrected chi connectivity index (χ2v) is 10.3. The molecule has 8 nitrogen and oxygen atoms in total. The molecule has 1 aliphatic heterocycles. The van der Waals surface area contributed by atoms with Gasteiger partial charge in [-0.25, -0.2) is 4.98 Å². The highest BCUT2D eigenvalue weighted by Crippen LogP contribution is 2.45. The Labute approximate surface area is 189 Å². The van der Waals surface area contributed by atoms with Crippen LogP contribution in [0, 0.1) is 5.41 Å². The zero-order chi connectivity index (χ0) is 22.1. The summed E-state index contributed by atoms with van der Waals surface area (Å²) in [7, 11) is 1.87. The number of anilines is 3. The highest BCUT2D eigenvalue weighted by molar-refractivity contribution is 6.32. The average molecular weight is 448 g/mol. The van der Waals surface area contributed by atoms with Crippen molar-refractivity contribution in [3.05, 3.63) is 23.6 Å². The van der Waals surface area contributed by atoms with Gasteiger partial charge < -0.3 is 20.6 Å². The van der Waals surface area contributed by atoms with Gasteiger partial charge in [0, 0.05) is 25.8 Å². The van der Waals surface area contributed by atoms with E-state index in [4.69, 9.17) is 11.6 Å². The first-order valence-electron chi connectivity index (χ1n) is 11.2. The van der Waals surface area contributed by atoms with Crippen LogP contribution in [0.25, 0.3) is 0 Å². The van der Waals surface area contributed by atoms with E-state index in [1.54, 1.807) is 17.1 Å². The predicted molar refractivity (Wildman–Crippen MR) is 124 cm³/mol. The Hall–Kier alpha value is -1.90. The molecule has 0 bridgehead atoms. The predicted octanol–water partition coefficient (Wildman–Crippen LogP) is 3.81. The first kappa shape index (κ1) is 22.3. The van der Waals surface area contributed by atoms with E-state index in [9.17, 15) is 5.11 Å². The molecule has 4 rings (SSSR count). The molecule has 9 heteroatoms. The second kappa shape index (κ2) is 8.92. The third-order valence-corrected chi connectivity index (χ3v) is 6.90. The molecular formula is C22H34ClN7O. The van der Waals surface area contributed by atoms with E-state index in [0.29, 0.717) is 28.2 Å². The minimum atomic E-state index is -0.617. The number of aliphatic hydroxyl groups is 1. The largest absolute Gasteiger partial charge is 0.389 e. The normalized spacial score (nSPS) is 20.2. The van der Waals surface area contributed by atoms with Gasteiger partial charge in [0.05, 0.1) is 23.7 Å².